The molecule has 8 nitrogen and oxygen atoms in total. The summed E-state index contributed by atoms with van der Waals surface area (Å²) < 4.78 is 31.7. The van der Waals surface area contributed by atoms with Gasteiger partial charge in [-0.15, -0.1) is 11.3 Å². The van der Waals surface area contributed by atoms with Gasteiger partial charge in [0.2, 0.25) is 0 Å². The molecule has 24 heavy (non-hydrogen) atoms. The van der Waals surface area contributed by atoms with Gasteiger partial charge in [0, 0.05) is 10.7 Å². The van der Waals surface area contributed by atoms with E-state index < -0.39 is 22.0 Å². The molecule has 0 saturated heterocycles. The number of pyridine rings is 1. The minimum absolute atomic E-state index is 0.00415. The van der Waals surface area contributed by atoms with E-state index in [-0.39, 0.29) is 31.4 Å². The fraction of sp³-hybridized carbons (Fsp3) is 0.154. The van der Waals surface area contributed by atoms with Gasteiger partial charge < -0.3 is 9.84 Å². The van der Waals surface area contributed by atoms with Crippen molar-refractivity contribution >= 4 is 49.2 Å². The van der Waals surface area contributed by atoms with Crippen molar-refractivity contribution in [1.82, 2.24) is 9.71 Å². The Hall–Kier alpha value is -1.82. The van der Waals surface area contributed by atoms with E-state index in [9.17, 15) is 18.0 Å². The highest BCUT2D eigenvalue weighted by molar-refractivity contribution is 9.10. The highest BCUT2D eigenvalue weighted by Gasteiger charge is 2.24. The van der Waals surface area contributed by atoms with Gasteiger partial charge in [-0.05, 0) is 34.1 Å². The number of nitrogens with one attached hydrogen (secondary N) is 1. The number of aromatic nitrogens is 1. The standard InChI is InChI=1S/C13H11BrN2O6S2/c1-22-12(19)10-5-9(14)13(23-10)24(20,21)16-6-8-4-7(11(17)18)2-3-15-8/h2-5,16H,6H2,1H3,(H,17,18). The molecule has 0 saturated carbocycles. The second-order valence-corrected chi connectivity index (χ2v) is 8.27. The Morgan fingerprint density at radius 3 is 2.75 bits per heavy atom. The third kappa shape index (κ3) is 4.17. The zero-order valence-corrected chi connectivity index (χ0v) is 15.4. The topological polar surface area (TPSA) is 123 Å². The van der Waals surface area contributed by atoms with Gasteiger partial charge in [0.05, 0.1) is 24.9 Å². The number of aromatic carboxylic acids is 1. The maximum Gasteiger partial charge on any atom is 0.348 e. The lowest BCUT2D eigenvalue weighted by atomic mass is 10.2. The molecule has 0 aliphatic rings. The van der Waals surface area contributed by atoms with Crippen molar-refractivity contribution in [1.29, 1.82) is 0 Å². The van der Waals surface area contributed by atoms with Gasteiger partial charge >= 0.3 is 11.9 Å². The highest BCUT2D eigenvalue weighted by atomic mass is 79.9. The van der Waals surface area contributed by atoms with Crippen LogP contribution < -0.4 is 4.72 Å². The summed E-state index contributed by atoms with van der Waals surface area (Å²) in [5.41, 5.74) is 0.254. The minimum Gasteiger partial charge on any atom is -0.478 e. The molecule has 0 fully saturated rings. The Labute approximate surface area is 149 Å². The average Bonchev–Trinajstić information content (AvgIpc) is 2.95. The van der Waals surface area contributed by atoms with Gasteiger partial charge in [-0.1, -0.05) is 0 Å². The molecular weight excluding hydrogens is 424 g/mol. The third-order valence-electron chi connectivity index (χ3n) is 2.79. The van der Waals surface area contributed by atoms with Crippen LogP contribution >= 0.6 is 27.3 Å². The fourth-order valence-corrected chi connectivity index (χ4v) is 5.31. The summed E-state index contributed by atoms with van der Waals surface area (Å²) in [7, 11) is -2.72. The van der Waals surface area contributed by atoms with Crippen LogP contribution in [0.1, 0.15) is 25.7 Å². The molecule has 2 rings (SSSR count). The first-order valence-corrected chi connectivity index (χ1v) is 9.39. The number of sulfonamides is 1. The van der Waals surface area contributed by atoms with E-state index in [0.29, 0.717) is 0 Å². The van der Waals surface area contributed by atoms with Crippen LogP contribution in [-0.4, -0.2) is 37.6 Å². The van der Waals surface area contributed by atoms with Crippen LogP contribution in [0.4, 0.5) is 0 Å². The smallest absolute Gasteiger partial charge is 0.348 e. The van der Waals surface area contributed by atoms with Crippen molar-refractivity contribution in [3.63, 3.8) is 0 Å². The molecule has 0 unspecified atom stereocenters. The molecule has 11 heteroatoms. The van der Waals surface area contributed by atoms with Crippen LogP contribution in [0.2, 0.25) is 0 Å². The van der Waals surface area contributed by atoms with Crippen LogP contribution in [0.3, 0.4) is 0 Å². The van der Waals surface area contributed by atoms with E-state index >= 15 is 0 Å². The maximum atomic E-state index is 12.3. The molecule has 0 radical (unpaired) electrons. The Kier molecular flexibility index (Phi) is 5.70. The van der Waals surface area contributed by atoms with Gasteiger partial charge in [-0.2, -0.15) is 0 Å². The molecule has 2 N–H and O–H groups in total. The van der Waals surface area contributed by atoms with E-state index in [1.165, 1.54) is 31.5 Å². The SMILES string of the molecule is COC(=O)c1cc(Br)c(S(=O)(=O)NCc2cc(C(=O)O)ccn2)s1. The van der Waals surface area contributed by atoms with Gasteiger partial charge in [0.1, 0.15) is 9.09 Å². The largest absolute Gasteiger partial charge is 0.478 e. The van der Waals surface area contributed by atoms with E-state index in [1.807, 2.05) is 0 Å². The zero-order chi connectivity index (χ0) is 17.9. The number of carbonyl (C=O) groups excluding carboxylic acids is 1. The summed E-state index contributed by atoms with van der Waals surface area (Å²) in [6.45, 7) is -0.193. The van der Waals surface area contributed by atoms with Gasteiger partial charge in [-0.25, -0.2) is 22.7 Å². The molecule has 0 bridgehead atoms. The fourth-order valence-electron chi connectivity index (χ4n) is 1.68. The van der Waals surface area contributed by atoms with E-state index in [1.54, 1.807) is 0 Å². The van der Waals surface area contributed by atoms with E-state index in [0.717, 1.165) is 11.3 Å². The van der Waals surface area contributed by atoms with Crippen molar-refractivity contribution in [2.75, 3.05) is 7.11 Å². The molecule has 128 valence electrons. The number of rotatable bonds is 6. The van der Waals surface area contributed by atoms with Gasteiger partial charge in [0.15, 0.2) is 0 Å². The summed E-state index contributed by atoms with van der Waals surface area (Å²) in [6, 6.07) is 3.93. The number of carboxylic acids is 1. The summed E-state index contributed by atoms with van der Waals surface area (Å²) in [4.78, 5) is 26.4. The number of hydrogen-bond donors (Lipinski definition) is 2. The molecule has 0 aliphatic heterocycles. The molecule has 2 aromatic heterocycles. The number of esters is 1. The Bertz CT molecular complexity index is 894. The maximum absolute atomic E-state index is 12.3. The summed E-state index contributed by atoms with van der Waals surface area (Å²) in [5.74, 6) is -1.77. The monoisotopic (exact) mass is 434 g/mol. The van der Waals surface area contributed by atoms with Crippen LogP contribution in [-0.2, 0) is 21.3 Å². The van der Waals surface area contributed by atoms with Crippen molar-refractivity contribution in [2.45, 2.75) is 10.8 Å². The predicted molar refractivity (Wildman–Crippen MR) is 88.6 cm³/mol. The Balaban J connectivity index is 2.20. The van der Waals surface area contributed by atoms with Gasteiger partial charge in [-0.3, -0.25) is 4.98 Å². The molecule has 2 heterocycles. The van der Waals surface area contributed by atoms with E-state index in [4.69, 9.17) is 5.11 Å². The second kappa shape index (κ2) is 7.38. The predicted octanol–water partition coefficient (Wildman–Crippen LogP) is 1.87. The quantitative estimate of drug-likeness (QED) is 0.664. The number of carbonyl (C=O) groups is 2. The first kappa shape index (κ1) is 18.5. The number of hydrogen-bond acceptors (Lipinski definition) is 7. The number of methoxy groups -OCH3 is 1. The zero-order valence-electron chi connectivity index (χ0n) is 12.1. The van der Waals surface area contributed by atoms with Gasteiger partial charge in [0.25, 0.3) is 10.0 Å². The van der Waals surface area contributed by atoms with E-state index in [2.05, 4.69) is 30.4 Å². The lowest BCUT2D eigenvalue weighted by Gasteiger charge is -2.05. The third-order valence-corrected chi connectivity index (χ3v) is 6.99. The molecule has 0 aliphatic carbocycles. The Morgan fingerprint density at radius 2 is 2.12 bits per heavy atom. The lowest BCUT2D eigenvalue weighted by molar-refractivity contribution is 0.0605. The first-order chi connectivity index (χ1) is 11.2. The van der Waals surface area contributed by atoms with Crippen molar-refractivity contribution in [2.24, 2.45) is 0 Å². The van der Waals surface area contributed by atoms with Crippen LogP contribution in [0.15, 0.2) is 33.1 Å². The van der Waals surface area contributed by atoms with Crippen LogP contribution in [0, 0.1) is 0 Å². The van der Waals surface area contributed by atoms with Crippen molar-refractivity contribution < 1.29 is 27.9 Å². The molecule has 0 atom stereocenters. The van der Waals surface area contributed by atoms with Crippen LogP contribution in [0.5, 0.6) is 0 Å². The van der Waals surface area contributed by atoms with Crippen molar-refractivity contribution in [3.8, 4) is 0 Å². The normalized spacial score (nSPS) is 11.2. The van der Waals surface area contributed by atoms with Crippen LogP contribution in [0.25, 0.3) is 0 Å². The second-order valence-electron chi connectivity index (χ2n) is 4.40. The lowest BCUT2D eigenvalue weighted by Crippen LogP contribution is -2.23. The first-order valence-electron chi connectivity index (χ1n) is 6.30. The summed E-state index contributed by atoms with van der Waals surface area (Å²) >= 11 is 3.85. The highest BCUT2D eigenvalue weighted by Crippen LogP contribution is 2.32. The number of thiophene rings is 1. The molecule has 2 aromatic rings. The number of ether oxygens (including phenoxy) is 1. The minimum atomic E-state index is -3.92. The number of nitrogens with zero attached hydrogens (tertiary/aromatic N) is 1. The van der Waals surface area contributed by atoms with Crippen molar-refractivity contribution in [3.05, 3.63) is 45.0 Å². The Morgan fingerprint density at radius 1 is 1.42 bits per heavy atom. The molecule has 0 amide bonds. The summed E-state index contributed by atoms with van der Waals surface area (Å²) in [6.07, 6.45) is 1.28. The number of carboxylic acid groups (broad SMARTS) is 1. The molecule has 0 aromatic carbocycles. The molecule has 0 spiro atoms. The number of halogens is 1. The average molecular weight is 435 g/mol. The summed E-state index contributed by atoms with van der Waals surface area (Å²) in [5, 5.41) is 8.92. The molecular formula is C13H11BrN2O6S2.